The Labute approximate surface area is 131 Å². The van der Waals surface area contributed by atoms with Crippen molar-refractivity contribution in [3.63, 3.8) is 0 Å². The lowest BCUT2D eigenvalue weighted by molar-refractivity contribution is -0.131. The third-order valence-electron chi connectivity index (χ3n) is 4.78. The van der Waals surface area contributed by atoms with Gasteiger partial charge in [-0.25, -0.2) is 0 Å². The van der Waals surface area contributed by atoms with Crippen molar-refractivity contribution in [2.24, 2.45) is 0 Å². The minimum Gasteiger partial charge on any atom is -0.338 e. The standard InChI is InChI=1S/C16H25N3OS/c1-17(2)8-9-18-6-3-15-14(18)4-7-19(15)16(20)11-13-5-10-21-12-13/h5,10,12,14-15H,3-4,6-9,11H2,1-2H3. The Bertz CT molecular complexity index is 474. The van der Waals surface area contributed by atoms with Gasteiger partial charge in [0.2, 0.25) is 5.91 Å². The number of likely N-dealkylation sites (tertiary alicyclic amines) is 2. The lowest BCUT2D eigenvalue weighted by atomic mass is 10.1. The van der Waals surface area contributed by atoms with Gasteiger partial charge in [-0.1, -0.05) is 0 Å². The number of nitrogens with zero attached hydrogens (tertiary/aromatic N) is 3. The third kappa shape index (κ3) is 3.30. The summed E-state index contributed by atoms with van der Waals surface area (Å²) in [5.74, 6) is 0.315. The minimum atomic E-state index is 0.315. The SMILES string of the molecule is CN(C)CCN1CCC2C1CCN2C(=O)Cc1ccsc1. The summed E-state index contributed by atoms with van der Waals surface area (Å²) in [4.78, 5) is 19.5. The number of carbonyl (C=O) groups is 1. The molecule has 0 aromatic carbocycles. The van der Waals surface area contributed by atoms with Crippen LogP contribution < -0.4 is 0 Å². The van der Waals surface area contributed by atoms with Crippen molar-refractivity contribution >= 4 is 17.2 Å². The second-order valence-electron chi connectivity index (χ2n) is 6.45. The van der Waals surface area contributed by atoms with Crippen LogP contribution in [-0.4, -0.2) is 73.0 Å². The first-order chi connectivity index (χ1) is 10.1. The average molecular weight is 307 g/mol. The normalized spacial score (nSPS) is 25.8. The van der Waals surface area contributed by atoms with E-state index in [2.05, 4.69) is 40.2 Å². The van der Waals surface area contributed by atoms with E-state index in [1.54, 1.807) is 11.3 Å². The maximum Gasteiger partial charge on any atom is 0.227 e. The first kappa shape index (κ1) is 15.0. The molecule has 2 fully saturated rings. The predicted molar refractivity (Wildman–Crippen MR) is 86.7 cm³/mol. The van der Waals surface area contributed by atoms with Crippen molar-refractivity contribution in [2.45, 2.75) is 31.3 Å². The van der Waals surface area contributed by atoms with Gasteiger partial charge >= 0.3 is 0 Å². The van der Waals surface area contributed by atoms with E-state index in [1.165, 1.54) is 0 Å². The van der Waals surface area contributed by atoms with Crippen molar-refractivity contribution in [1.29, 1.82) is 0 Å². The molecule has 2 saturated heterocycles. The van der Waals surface area contributed by atoms with E-state index >= 15 is 0 Å². The van der Waals surface area contributed by atoms with Crippen molar-refractivity contribution in [3.8, 4) is 0 Å². The smallest absolute Gasteiger partial charge is 0.227 e. The lowest BCUT2D eigenvalue weighted by Gasteiger charge is -2.26. The Morgan fingerprint density at radius 2 is 2.14 bits per heavy atom. The lowest BCUT2D eigenvalue weighted by Crippen LogP contribution is -2.41. The molecule has 1 aromatic heterocycles. The zero-order chi connectivity index (χ0) is 14.8. The van der Waals surface area contributed by atoms with Crippen LogP contribution in [0.1, 0.15) is 18.4 Å². The summed E-state index contributed by atoms with van der Waals surface area (Å²) in [7, 11) is 4.25. The van der Waals surface area contributed by atoms with Crippen molar-refractivity contribution in [2.75, 3.05) is 40.3 Å². The summed E-state index contributed by atoms with van der Waals surface area (Å²) in [6.07, 6.45) is 2.87. The molecule has 3 rings (SSSR count). The highest BCUT2D eigenvalue weighted by Crippen LogP contribution is 2.31. The van der Waals surface area contributed by atoms with E-state index in [0.717, 1.165) is 44.6 Å². The average Bonchev–Trinajstić information content (AvgIpc) is 3.13. The molecular weight excluding hydrogens is 282 g/mol. The fraction of sp³-hybridized carbons (Fsp3) is 0.688. The molecule has 4 nitrogen and oxygen atoms in total. The molecule has 2 unspecified atom stereocenters. The fourth-order valence-corrected chi connectivity index (χ4v) is 4.33. The van der Waals surface area contributed by atoms with Gasteiger partial charge in [0, 0.05) is 38.3 Å². The molecule has 2 aliphatic heterocycles. The first-order valence-corrected chi connectivity index (χ1v) is 8.79. The van der Waals surface area contributed by atoms with Crippen LogP contribution in [-0.2, 0) is 11.2 Å². The molecule has 1 aromatic rings. The highest BCUT2D eigenvalue weighted by molar-refractivity contribution is 7.07. The zero-order valence-electron chi connectivity index (χ0n) is 13.0. The molecule has 0 radical (unpaired) electrons. The number of rotatable bonds is 5. The molecule has 21 heavy (non-hydrogen) atoms. The summed E-state index contributed by atoms with van der Waals surface area (Å²) in [5.41, 5.74) is 1.16. The van der Waals surface area contributed by atoms with Gasteiger partial charge in [-0.2, -0.15) is 11.3 Å². The molecule has 0 N–H and O–H groups in total. The van der Waals surface area contributed by atoms with Crippen molar-refractivity contribution in [3.05, 3.63) is 22.4 Å². The van der Waals surface area contributed by atoms with E-state index in [-0.39, 0.29) is 0 Å². The third-order valence-corrected chi connectivity index (χ3v) is 5.51. The topological polar surface area (TPSA) is 26.8 Å². The molecule has 3 heterocycles. The second kappa shape index (κ2) is 6.46. The molecule has 2 aliphatic rings. The van der Waals surface area contributed by atoms with Crippen LogP contribution >= 0.6 is 11.3 Å². The Hall–Kier alpha value is -0.910. The van der Waals surface area contributed by atoms with Gasteiger partial charge in [0.25, 0.3) is 0 Å². The number of thiophene rings is 1. The van der Waals surface area contributed by atoms with Gasteiger partial charge in [0.15, 0.2) is 0 Å². The number of hydrogen-bond donors (Lipinski definition) is 0. The van der Waals surface area contributed by atoms with Crippen LogP contribution in [0.25, 0.3) is 0 Å². The second-order valence-corrected chi connectivity index (χ2v) is 7.23. The molecule has 5 heteroatoms. The number of carbonyl (C=O) groups excluding carboxylic acids is 1. The minimum absolute atomic E-state index is 0.315. The molecule has 0 aliphatic carbocycles. The number of likely N-dealkylation sites (N-methyl/N-ethyl adjacent to an activating group) is 1. The van der Waals surface area contributed by atoms with Gasteiger partial charge in [-0.3, -0.25) is 9.69 Å². The predicted octanol–water partition coefficient (Wildman–Crippen LogP) is 1.53. The van der Waals surface area contributed by atoms with E-state index in [0.29, 0.717) is 24.4 Å². The monoisotopic (exact) mass is 307 g/mol. The zero-order valence-corrected chi connectivity index (χ0v) is 13.8. The molecule has 0 bridgehead atoms. The van der Waals surface area contributed by atoms with Gasteiger partial charge in [0.1, 0.15) is 0 Å². The van der Waals surface area contributed by atoms with Crippen LogP contribution in [0.2, 0.25) is 0 Å². The summed E-state index contributed by atoms with van der Waals surface area (Å²) >= 11 is 1.67. The Morgan fingerprint density at radius 3 is 2.86 bits per heavy atom. The highest BCUT2D eigenvalue weighted by atomic mass is 32.1. The van der Waals surface area contributed by atoms with Crippen LogP contribution in [0.5, 0.6) is 0 Å². The molecule has 2 atom stereocenters. The van der Waals surface area contributed by atoms with E-state index in [4.69, 9.17) is 0 Å². The maximum absolute atomic E-state index is 12.5. The molecular formula is C16H25N3OS. The quantitative estimate of drug-likeness (QED) is 0.825. The first-order valence-electron chi connectivity index (χ1n) is 7.84. The van der Waals surface area contributed by atoms with Crippen LogP contribution in [0.15, 0.2) is 16.8 Å². The van der Waals surface area contributed by atoms with E-state index in [9.17, 15) is 4.79 Å². The summed E-state index contributed by atoms with van der Waals surface area (Å²) in [6, 6.07) is 3.11. The van der Waals surface area contributed by atoms with Gasteiger partial charge < -0.3 is 9.80 Å². The van der Waals surface area contributed by atoms with Crippen molar-refractivity contribution in [1.82, 2.24) is 14.7 Å². The van der Waals surface area contributed by atoms with E-state index in [1.807, 2.05) is 5.38 Å². The van der Waals surface area contributed by atoms with Crippen molar-refractivity contribution < 1.29 is 4.79 Å². The molecule has 0 saturated carbocycles. The Kier molecular flexibility index (Phi) is 4.62. The Morgan fingerprint density at radius 1 is 1.33 bits per heavy atom. The number of fused-ring (bicyclic) bond motifs is 1. The van der Waals surface area contributed by atoms with Crippen LogP contribution in [0, 0.1) is 0 Å². The maximum atomic E-state index is 12.5. The highest BCUT2D eigenvalue weighted by Gasteiger charge is 2.43. The molecule has 0 spiro atoms. The largest absolute Gasteiger partial charge is 0.338 e. The summed E-state index contributed by atoms with van der Waals surface area (Å²) in [6.45, 7) is 4.31. The summed E-state index contributed by atoms with van der Waals surface area (Å²) in [5, 5.41) is 4.14. The molecule has 116 valence electrons. The van der Waals surface area contributed by atoms with Gasteiger partial charge in [-0.05, 0) is 49.3 Å². The number of hydrogen-bond acceptors (Lipinski definition) is 4. The van der Waals surface area contributed by atoms with E-state index < -0.39 is 0 Å². The number of amides is 1. The van der Waals surface area contributed by atoms with Gasteiger partial charge in [0.05, 0.1) is 6.42 Å². The fourth-order valence-electron chi connectivity index (χ4n) is 3.66. The van der Waals surface area contributed by atoms with Gasteiger partial charge in [-0.15, -0.1) is 0 Å². The Balaban J connectivity index is 1.57. The summed E-state index contributed by atoms with van der Waals surface area (Å²) < 4.78 is 0. The molecule has 1 amide bonds. The van der Waals surface area contributed by atoms with Crippen LogP contribution in [0.4, 0.5) is 0 Å². The van der Waals surface area contributed by atoms with Crippen LogP contribution in [0.3, 0.4) is 0 Å².